The summed E-state index contributed by atoms with van der Waals surface area (Å²) in [5.41, 5.74) is 2.79. The number of anilines is 1. The molecule has 1 heterocycles. The van der Waals surface area contributed by atoms with Gasteiger partial charge in [-0.25, -0.2) is 4.79 Å². The summed E-state index contributed by atoms with van der Waals surface area (Å²) >= 11 is 6.31. The molecule has 2 amide bonds. The van der Waals surface area contributed by atoms with Crippen molar-refractivity contribution >= 4 is 29.3 Å². The lowest BCUT2D eigenvalue weighted by Crippen LogP contribution is -2.50. The van der Waals surface area contributed by atoms with Crippen LogP contribution in [0.1, 0.15) is 25.0 Å². The molecule has 0 aromatic heterocycles. The van der Waals surface area contributed by atoms with Gasteiger partial charge in [0, 0.05) is 24.7 Å². The van der Waals surface area contributed by atoms with Crippen LogP contribution < -0.4 is 5.32 Å². The zero-order valence-electron chi connectivity index (χ0n) is 16.1. The molecule has 27 heavy (non-hydrogen) atoms. The number of nitrogens with zero attached hydrogens (tertiary/aromatic N) is 2. The summed E-state index contributed by atoms with van der Waals surface area (Å²) in [6.45, 7) is 5.78. The number of carboxylic acid groups (broad SMARTS) is 1. The highest BCUT2D eigenvalue weighted by Crippen LogP contribution is 2.30. The first-order valence-electron chi connectivity index (χ1n) is 9.23. The average molecular weight is 398 g/mol. The van der Waals surface area contributed by atoms with Gasteiger partial charge in [0.2, 0.25) is 0 Å². The molecule has 0 spiro atoms. The van der Waals surface area contributed by atoms with Crippen LogP contribution in [-0.2, 0) is 22.4 Å². The topological polar surface area (TPSA) is 82.1 Å². The minimum absolute atomic E-state index is 0.0612. The molecule has 150 valence electrons. The number of likely N-dealkylation sites (N-methyl/N-ethyl adjacent to an activating group) is 1. The van der Waals surface area contributed by atoms with Gasteiger partial charge in [-0.15, -0.1) is 0 Å². The molecule has 1 saturated heterocycles. The Bertz CT molecular complexity index is 683. The van der Waals surface area contributed by atoms with Crippen molar-refractivity contribution in [2.24, 2.45) is 0 Å². The number of carbonyl (C=O) groups is 2. The number of aliphatic carboxylic acids is 1. The number of ether oxygens (including phenoxy) is 1. The van der Waals surface area contributed by atoms with Crippen molar-refractivity contribution in [3.63, 3.8) is 0 Å². The first-order valence-corrected chi connectivity index (χ1v) is 9.61. The van der Waals surface area contributed by atoms with Crippen LogP contribution in [0.5, 0.6) is 0 Å². The Morgan fingerprint density at radius 1 is 1.37 bits per heavy atom. The van der Waals surface area contributed by atoms with E-state index in [1.54, 1.807) is 16.8 Å². The first kappa shape index (κ1) is 21.5. The number of rotatable bonds is 7. The van der Waals surface area contributed by atoms with E-state index in [9.17, 15) is 9.59 Å². The number of hydrogen-bond donors (Lipinski definition) is 2. The summed E-state index contributed by atoms with van der Waals surface area (Å²) in [5, 5.41) is 12.6. The molecule has 1 aromatic rings. The summed E-state index contributed by atoms with van der Waals surface area (Å²) in [6, 6.07) is 3.63. The number of benzene rings is 1. The summed E-state index contributed by atoms with van der Waals surface area (Å²) in [6.07, 6.45) is 1.31. The molecule has 1 aliphatic rings. The minimum atomic E-state index is -0.886. The quantitative estimate of drug-likeness (QED) is 0.739. The Labute approximate surface area is 165 Å². The number of amides is 2. The summed E-state index contributed by atoms with van der Waals surface area (Å²) in [7, 11) is 1.73. The first-order chi connectivity index (χ1) is 12.8. The fourth-order valence-corrected chi connectivity index (χ4v) is 3.60. The van der Waals surface area contributed by atoms with Gasteiger partial charge in [-0.2, -0.15) is 0 Å². The van der Waals surface area contributed by atoms with Crippen LogP contribution >= 0.6 is 11.6 Å². The average Bonchev–Trinajstić information content (AvgIpc) is 2.61. The third-order valence-electron chi connectivity index (χ3n) is 4.65. The van der Waals surface area contributed by atoms with Crippen molar-refractivity contribution in [2.45, 2.75) is 32.8 Å². The van der Waals surface area contributed by atoms with Crippen molar-refractivity contribution in [1.29, 1.82) is 0 Å². The van der Waals surface area contributed by atoms with Gasteiger partial charge in [-0.05, 0) is 37.1 Å². The van der Waals surface area contributed by atoms with E-state index in [2.05, 4.69) is 5.32 Å². The van der Waals surface area contributed by atoms with Crippen molar-refractivity contribution < 1.29 is 19.4 Å². The minimum Gasteiger partial charge on any atom is -0.480 e. The third kappa shape index (κ3) is 5.82. The molecule has 0 aliphatic carbocycles. The fraction of sp³-hybridized carbons (Fsp3) is 0.579. The molecular formula is C19H28ClN3O4. The molecule has 1 atom stereocenters. The SMILES string of the molecule is CCc1ccc(Cl)c(CC)c1NC(=O)N1CCOC(CN(C)CC(=O)O)C1. The maximum atomic E-state index is 12.8. The van der Waals surface area contributed by atoms with Gasteiger partial charge >= 0.3 is 12.0 Å². The van der Waals surface area contributed by atoms with Gasteiger partial charge < -0.3 is 20.1 Å². The van der Waals surface area contributed by atoms with E-state index in [0.29, 0.717) is 31.3 Å². The number of carbonyl (C=O) groups excluding carboxylic acids is 1. The predicted octanol–water partition coefficient (Wildman–Crippen LogP) is 2.71. The Hall–Kier alpha value is -1.83. The molecule has 7 nitrogen and oxygen atoms in total. The van der Waals surface area contributed by atoms with Crippen LogP contribution in [0.2, 0.25) is 5.02 Å². The zero-order chi connectivity index (χ0) is 20.0. The van der Waals surface area contributed by atoms with E-state index in [0.717, 1.165) is 29.7 Å². The maximum absolute atomic E-state index is 12.8. The number of aryl methyl sites for hydroxylation is 1. The summed E-state index contributed by atoms with van der Waals surface area (Å²) in [4.78, 5) is 27.0. The highest BCUT2D eigenvalue weighted by molar-refractivity contribution is 6.32. The summed E-state index contributed by atoms with van der Waals surface area (Å²) < 4.78 is 5.69. The molecule has 2 rings (SSSR count). The zero-order valence-corrected chi connectivity index (χ0v) is 16.9. The largest absolute Gasteiger partial charge is 0.480 e. The Kier molecular flexibility index (Phi) is 7.89. The molecular weight excluding hydrogens is 370 g/mol. The molecule has 0 radical (unpaired) electrons. The normalized spacial score (nSPS) is 17.2. The highest BCUT2D eigenvalue weighted by Gasteiger charge is 2.26. The Balaban J connectivity index is 2.06. The molecule has 0 bridgehead atoms. The second-order valence-electron chi connectivity index (χ2n) is 6.73. The number of urea groups is 1. The van der Waals surface area contributed by atoms with E-state index < -0.39 is 5.97 Å². The molecule has 8 heteroatoms. The number of morpholine rings is 1. The van der Waals surface area contributed by atoms with Crippen LogP contribution in [-0.4, -0.2) is 72.8 Å². The van der Waals surface area contributed by atoms with Crippen LogP contribution in [0, 0.1) is 0 Å². The monoisotopic (exact) mass is 397 g/mol. The summed E-state index contributed by atoms with van der Waals surface area (Å²) in [5.74, 6) is -0.886. The maximum Gasteiger partial charge on any atom is 0.322 e. The smallest absolute Gasteiger partial charge is 0.322 e. The Morgan fingerprint density at radius 3 is 2.74 bits per heavy atom. The van der Waals surface area contributed by atoms with Gasteiger partial charge in [0.25, 0.3) is 0 Å². The molecule has 1 unspecified atom stereocenters. The van der Waals surface area contributed by atoms with Gasteiger partial charge in [0.05, 0.1) is 24.9 Å². The molecule has 0 saturated carbocycles. The van der Waals surface area contributed by atoms with Gasteiger partial charge in [-0.1, -0.05) is 31.5 Å². The van der Waals surface area contributed by atoms with Crippen LogP contribution in [0.15, 0.2) is 12.1 Å². The van der Waals surface area contributed by atoms with Crippen molar-refractivity contribution in [1.82, 2.24) is 9.80 Å². The predicted molar refractivity (Wildman–Crippen MR) is 106 cm³/mol. The highest BCUT2D eigenvalue weighted by atomic mass is 35.5. The fourth-order valence-electron chi connectivity index (χ4n) is 3.31. The number of halogens is 1. The number of nitrogens with one attached hydrogen (secondary N) is 1. The van der Waals surface area contributed by atoms with E-state index in [1.165, 1.54) is 0 Å². The number of hydrogen-bond acceptors (Lipinski definition) is 4. The standard InChI is InChI=1S/C19H28ClN3O4/c1-4-13-6-7-16(20)15(5-2)18(13)21-19(26)23-8-9-27-14(11-23)10-22(3)12-17(24)25/h6-7,14H,4-5,8-12H2,1-3H3,(H,21,26)(H,24,25). The molecule has 2 N–H and O–H groups in total. The van der Waals surface area contributed by atoms with Crippen LogP contribution in [0.3, 0.4) is 0 Å². The van der Waals surface area contributed by atoms with Crippen LogP contribution in [0.25, 0.3) is 0 Å². The van der Waals surface area contributed by atoms with Gasteiger partial charge in [-0.3, -0.25) is 9.69 Å². The second-order valence-corrected chi connectivity index (χ2v) is 7.13. The Morgan fingerprint density at radius 2 is 2.11 bits per heavy atom. The van der Waals surface area contributed by atoms with Crippen molar-refractivity contribution in [2.75, 3.05) is 45.2 Å². The lowest BCUT2D eigenvalue weighted by molar-refractivity contribution is -0.138. The molecule has 1 aromatic carbocycles. The lowest BCUT2D eigenvalue weighted by atomic mass is 10.0. The second kappa shape index (κ2) is 9.92. The van der Waals surface area contributed by atoms with Crippen molar-refractivity contribution in [3.05, 3.63) is 28.3 Å². The third-order valence-corrected chi connectivity index (χ3v) is 5.01. The van der Waals surface area contributed by atoms with Crippen molar-refractivity contribution in [3.8, 4) is 0 Å². The van der Waals surface area contributed by atoms with E-state index in [4.69, 9.17) is 21.4 Å². The van der Waals surface area contributed by atoms with E-state index in [-0.39, 0.29) is 18.7 Å². The number of carboxylic acids is 1. The molecule has 1 aliphatic heterocycles. The lowest BCUT2D eigenvalue weighted by Gasteiger charge is -2.35. The van der Waals surface area contributed by atoms with Gasteiger partial charge in [0.15, 0.2) is 0 Å². The van der Waals surface area contributed by atoms with Gasteiger partial charge in [0.1, 0.15) is 0 Å². The van der Waals surface area contributed by atoms with E-state index >= 15 is 0 Å². The van der Waals surface area contributed by atoms with Crippen LogP contribution in [0.4, 0.5) is 10.5 Å². The molecule has 1 fully saturated rings. The van der Waals surface area contributed by atoms with E-state index in [1.807, 2.05) is 26.0 Å².